The SMILES string of the molecule is Nc1cc(C(C(F)(F)F)C(F)(F)F)no1. The van der Waals surface area contributed by atoms with Gasteiger partial charge in [0.15, 0.2) is 5.92 Å². The van der Waals surface area contributed by atoms with Crippen molar-refractivity contribution in [2.24, 2.45) is 0 Å². The fourth-order valence-corrected chi connectivity index (χ4v) is 0.961. The Labute approximate surface area is 78.8 Å². The summed E-state index contributed by atoms with van der Waals surface area (Å²) in [7, 11) is 0. The number of aromatic nitrogens is 1. The molecule has 1 rings (SSSR count). The van der Waals surface area contributed by atoms with Crippen molar-refractivity contribution in [1.29, 1.82) is 0 Å². The first-order chi connectivity index (χ1) is 6.62. The highest BCUT2D eigenvalue weighted by molar-refractivity contribution is 5.27. The molecule has 9 heteroatoms. The number of anilines is 1. The summed E-state index contributed by atoms with van der Waals surface area (Å²) in [6.45, 7) is 0. The van der Waals surface area contributed by atoms with Gasteiger partial charge in [0, 0.05) is 6.07 Å². The third kappa shape index (κ3) is 2.54. The highest BCUT2D eigenvalue weighted by Gasteiger charge is 2.59. The van der Waals surface area contributed by atoms with Gasteiger partial charge in [-0.05, 0) is 0 Å². The minimum absolute atomic E-state index is 0.394. The van der Waals surface area contributed by atoms with Gasteiger partial charge in [-0.25, -0.2) is 0 Å². The van der Waals surface area contributed by atoms with Gasteiger partial charge in [-0.3, -0.25) is 0 Å². The Morgan fingerprint density at radius 3 is 1.87 bits per heavy atom. The molecule has 0 unspecified atom stereocenters. The van der Waals surface area contributed by atoms with E-state index in [0.29, 0.717) is 6.07 Å². The molecule has 0 bridgehead atoms. The number of hydrogen-bond donors (Lipinski definition) is 1. The lowest BCUT2D eigenvalue weighted by atomic mass is 10.1. The number of halogens is 6. The molecular weight excluding hydrogens is 230 g/mol. The van der Waals surface area contributed by atoms with E-state index in [9.17, 15) is 26.3 Å². The summed E-state index contributed by atoms with van der Waals surface area (Å²) in [4.78, 5) is 0. The van der Waals surface area contributed by atoms with Crippen molar-refractivity contribution >= 4 is 5.88 Å². The second-order valence-corrected chi connectivity index (χ2v) is 2.67. The van der Waals surface area contributed by atoms with Gasteiger partial charge in [-0.15, -0.1) is 0 Å². The minimum atomic E-state index is -5.48. The summed E-state index contributed by atoms with van der Waals surface area (Å²) in [6, 6.07) is 0.394. The van der Waals surface area contributed by atoms with E-state index in [4.69, 9.17) is 5.73 Å². The van der Waals surface area contributed by atoms with E-state index in [1.165, 1.54) is 0 Å². The highest BCUT2D eigenvalue weighted by Crippen LogP contribution is 2.45. The van der Waals surface area contributed by atoms with Crippen LogP contribution in [-0.4, -0.2) is 17.5 Å². The molecule has 1 aromatic heterocycles. The molecule has 0 spiro atoms. The standard InChI is InChI=1S/C6H4F6N2O/c7-5(8,9)4(6(10,11)12)2-1-3(13)15-14-2/h1,4H,13H2. The molecule has 86 valence electrons. The lowest BCUT2D eigenvalue weighted by Gasteiger charge is -2.20. The molecule has 0 aliphatic rings. The van der Waals surface area contributed by atoms with E-state index in [0.717, 1.165) is 0 Å². The van der Waals surface area contributed by atoms with Crippen LogP contribution in [0.25, 0.3) is 0 Å². The Morgan fingerprint density at radius 2 is 1.60 bits per heavy atom. The number of nitrogens with two attached hydrogens (primary N) is 1. The van der Waals surface area contributed by atoms with E-state index in [2.05, 4.69) is 9.68 Å². The van der Waals surface area contributed by atoms with Crippen molar-refractivity contribution in [3.05, 3.63) is 11.8 Å². The molecule has 0 aliphatic heterocycles. The van der Waals surface area contributed by atoms with Gasteiger partial charge in [0.25, 0.3) is 0 Å². The molecule has 2 N–H and O–H groups in total. The molecule has 0 fully saturated rings. The molecule has 0 radical (unpaired) electrons. The molecule has 0 atom stereocenters. The fourth-order valence-electron chi connectivity index (χ4n) is 0.961. The molecule has 0 aliphatic carbocycles. The smallest absolute Gasteiger partial charge is 0.368 e. The maximum atomic E-state index is 12.1. The second-order valence-electron chi connectivity index (χ2n) is 2.67. The monoisotopic (exact) mass is 234 g/mol. The Bertz CT molecular complexity index is 326. The molecule has 1 aromatic rings. The van der Waals surface area contributed by atoms with Gasteiger partial charge in [0.05, 0.1) is 0 Å². The van der Waals surface area contributed by atoms with E-state index in [1.54, 1.807) is 0 Å². The summed E-state index contributed by atoms with van der Waals surface area (Å²) in [5.41, 5.74) is 3.54. The van der Waals surface area contributed by atoms with Crippen molar-refractivity contribution in [1.82, 2.24) is 5.16 Å². The van der Waals surface area contributed by atoms with Crippen LogP contribution in [0.3, 0.4) is 0 Å². The minimum Gasteiger partial charge on any atom is -0.368 e. The first-order valence-corrected chi connectivity index (χ1v) is 3.48. The Morgan fingerprint density at radius 1 is 1.13 bits per heavy atom. The van der Waals surface area contributed by atoms with Crippen LogP contribution in [0.5, 0.6) is 0 Å². The first kappa shape index (κ1) is 11.7. The Kier molecular flexibility index (Phi) is 2.58. The molecule has 15 heavy (non-hydrogen) atoms. The maximum absolute atomic E-state index is 12.1. The average Bonchev–Trinajstić information content (AvgIpc) is 2.28. The first-order valence-electron chi connectivity index (χ1n) is 3.48. The van der Waals surface area contributed by atoms with Crippen LogP contribution in [0.2, 0.25) is 0 Å². The van der Waals surface area contributed by atoms with Crippen LogP contribution in [0.15, 0.2) is 10.6 Å². The summed E-state index contributed by atoms with van der Waals surface area (Å²) in [5.74, 6) is -4.28. The van der Waals surface area contributed by atoms with E-state index < -0.39 is 29.8 Å². The van der Waals surface area contributed by atoms with Gasteiger partial charge >= 0.3 is 12.4 Å². The zero-order chi connectivity index (χ0) is 11.9. The summed E-state index contributed by atoms with van der Waals surface area (Å²) < 4.78 is 76.4. The average molecular weight is 234 g/mol. The Balaban J connectivity index is 3.14. The third-order valence-corrected chi connectivity index (χ3v) is 1.50. The van der Waals surface area contributed by atoms with Crippen LogP contribution in [0.1, 0.15) is 11.6 Å². The second kappa shape index (κ2) is 3.31. The topological polar surface area (TPSA) is 52.0 Å². The molecular formula is C6H4F6N2O. The normalized spacial score (nSPS) is 13.5. The van der Waals surface area contributed by atoms with Crippen molar-refractivity contribution in [2.75, 3.05) is 5.73 Å². The number of hydrogen-bond acceptors (Lipinski definition) is 3. The number of nitrogens with zero attached hydrogens (tertiary/aromatic N) is 1. The van der Waals surface area contributed by atoms with E-state index in [1.807, 2.05) is 0 Å². The molecule has 1 heterocycles. The molecule has 0 amide bonds. The number of nitrogen functional groups attached to an aromatic ring is 1. The van der Waals surface area contributed by atoms with Crippen molar-refractivity contribution in [2.45, 2.75) is 18.3 Å². The van der Waals surface area contributed by atoms with Crippen LogP contribution in [0, 0.1) is 0 Å². The van der Waals surface area contributed by atoms with Gasteiger partial charge in [0.2, 0.25) is 5.88 Å². The van der Waals surface area contributed by atoms with E-state index in [-0.39, 0.29) is 0 Å². The van der Waals surface area contributed by atoms with Gasteiger partial charge < -0.3 is 10.3 Å². The highest BCUT2D eigenvalue weighted by atomic mass is 19.4. The van der Waals surface area contributed by atoms with Crippen molar-refractivity contribution in [3.63, 3.8) is 0 Å². The molecule has 0 aromatic carbocycles. The van der Waals surface area contributed by atoms with E-state index >= 15 is 0 Å². The van der Waals surface area contributed by atoms with Crippen LogP contribution in [-0.2, 0) is 0 Å². The lowest BCUT2D eigenvalue weighted by molar-refractivity contribution is -0.254. The zero-order valence-electron chi connectivity index (χ0n) is 6.86. The van der Waals surface area contributed by atoms with Gasteiger partial charge in [-0.2, -0.15) is 26.3 Å². The lowest BCUT2D eigenvalue weighted by Crippen LogP contribution is -2.34. The predicted molar refractivity (Wildman–Crippen MR) is 35.8 cm³/mol. The zero-order valence-corrected chi connectivity index (χ0v) is 6.86. The molecule has 0 saturated heterocycles. The fraction of sp³-hybridized carbons (Fsp3) is 0.500. The Hall–Kier alpha value is -1.41. The number of rotatable bonds is 1. The summed E-state index contributed by atoms with van der Waals surface area (Å²) >= 11 is 0. The maximum Gasteiger partial charge on any atom is 0.406 e. The molecule has 3 nitrogen and oxygen atoms in total. The number of alkyl halides is 6. The predicted octanol–water partition coefficient (Wildman–Crippen LogP) is 2.46. The summed E-state index contributed by atoms with van der Waals surface area (Å²) in [6.07, 6.45) is -11.0. The molecule has 0 saturated carbocycles. The van der Waals surface area contributed by atoms with Crippen LogP contribution < -0.4 is 5.73 Å². The van der Waals surface area contributed by atoms with Crippen molar-refractivity contribution < 1.29 is 30.9 Å². The quantitative estimate of drug-likeness (QED) is 0.759. The third-order valence-electron chi connectivity index (χ3n) is 1.50. The van der Waals surface area contributed by atoms with Crippen LogP contribution in [0.4, 0.5) is 32.2 Å². The van der Waals surface area contributed by atoms with Gasteiger partial charge in [-0.1, -0.05) is 5.16 Å². The van der Waals surface area contributed by atoms with Gasteiger partial charge in [0.1, 0.15) is 5.69 Å². The largest absolute Gasteiger partial charge is 0.406 e. The van der Waals surface area contributed by atoms with Crippen molar-refractivity contribution in [3.8, 4) is 0 Å². The summed E-state index contributed by atoms with van der Waals surface area (Å²) in [5, 5.41) is 2.61. The van der Waals surface area contributed by atoms with Crippen LogP contribution >= 0.6 is 0 Å².